The summed E-state index contributed by atoms with van der Waals surface area (Å²) >= 11 is 5.86. The summed E-state index contributed by atoms with van der Waals surface area (Å²) in [4.78, 5) is 12.4. The Bertz CT molecular complexity index is 815. The van der Waals surface area contributed by atoms with Crippen LogP contribution in [0.5, 0.6) is 0 Å². The first kappa shape index (κ1) is 17.4. The highest BCUT2D eigenvalue weighted by Gasteiger charge is 2.18. The maximum Gasteiger partial charge on any atom is 0.256 e. The van der Waals surface area contributed by atoms with Gasteiger partial charge in [-0.25, -0.2) is 12.8 Å². The van der Waals surface area contributed by atoms with Gasteiger partial charge >= 0.3 is 0 Å². The molecular weight excluding hydrogens is 341 g/mol. The Labute approximate surface area is 139 Å². The van der Waals surface area contributed by atoms with Gasteiger partial charge in [-0.2, -0.15) is 0 Å². The maximum absolute atomic E-state index is 13.7. The fourth-order valence-electron chi connectivity index (χ4n) is 2.07. The Hall–Kier alpha value is -1.92. The summed E-state index contributed by atoms with van der Waals surface area (Å²) in [5.74, 6) is -1.33. The molecule has 0 saturated carbocycles. The monoisotopic (exact) mass is 355 g/mol. The van der Waals surface area contributed by atoms with E-state index in [-0.39, 0.29) is 15.5 Å². The van der Waals surface area contributed by atoms with Gasteiger partial charge in [0.25, 0.3) is 5.91 Å². The third kappa shape index (κ3) is 4.09. The Morgan fingerprint density at radius 1 is 1.17 bits per heavy atom. The summed E-state index contributed by atoms with van der Waals surface area (Å²) in [7, 11) is -3.28. The van der Waals surface area contributed by atoms with Crippen molar-refractivity contribution in [1.82, 2.24) is 5.32 Å². The predicted molar refractivity (Wildman–Crippen MR) is 86.8 cm³/mol. The first-order valence-corrected chi connectivity index (χ1v) is 9.02. The Morgan fingerprint density at radius 3 is 2.30 bits per heavy atom. The van der Waals surface area contributed by atoms with Crippen LogP contribution in [0.2, 0.25) is 5.02 Å². The van der Waals surface area contributed by atoms with Gasteiger partial charge in [-0.3, -0.25) is 4.79 Å². The number of hydrogen-bond donors (Lipinski definition) is 1. The van der Waals surface area contributed by atoms with Gasteiger partial charge in [0.05, 0.1) is 21.5 Å². The molecule has 0 spiro atoms. The molecule has 2 rings (SSSR count). The second-order valence-electron chi connectivity index (χ2n) is 5.13. The molecule has 1 amide bonds. The molecule has 0 saturated heterocycles. The maximum atomic E-state index is 13.7. The largest absolute Gasteiger partial charge is 0.345 e. The van der Waals surface area contributed by atoms with Crippen LogP contribution in [0.25, 0.3) is 0 Å². The Kier molecular flexibility index (Phi) is 5.06. The molecule has 23 heavy (non-hydrogen) atoms. The van der Waals surface area contributed by atoms with Crippen LogP contribution in [0.4, 0.5) is 4.39 Å². The van der Waals surface area contributed by atoms with Crippen molar-refractivity contribution >= 4 is 27.3 Å². The number of nitrogens with one attached hydrogen (secondary N) is 1. The van der Waals surface area contributed by atoms with Crippen LogP contribution in [0.1, 0.15) is 28.9 Å². The SMILES string of the molecule is CC(NC(=O)c1c(F)cccc1Cl)c1ccc(S(C)(=O)=O)cc1. The number of rotatable bonds is 4. The van der Waals surface area contributed by atoms with Crippen LogP contribution in [0, 0.1) is 5.82 Å². The van der Waals surface area contributed by atoms with E-state index in [9.17, 15) is 17.6 Å². The van der Waals surface area contributed by atoms with Gasteiger partial charge in [0.15, 0.2) is 9.84 Å². The van der Waals surface area contributed by atoms with E-state index in [1.807, 2.05) is 0 Å². The molecule has 0 aromatic heterocycles. The van der Waals surface area contributed by atoms with Gasteiger partial charge in [0.1, 0.15) is 5.82 Å². The van der Waals surface area contributed by atoms with E-state index in [0.29, 0.717) is 5.56 Å². The molecule has 1 atom stereocenters. The van der Waals surface area contributed by atoms with Gasteiger partial charge in [0, 0.05) is 6.26 Å². The molecule has 122 valence electrons. The van der Waals surface area contributed by atoms with Crippen LogP contribution in [0.15, 0.2) is 47.4 Å². The fraction of sp³-hybridized carbons (Fsp3) is 0.188. The van der Waals surface area contributed by atoms with Crippen molar-refractivity contribution in [2.24, 2.45) is 0 Å². The molecule has 7 heteroatoms. The summed E-state index contributed by atoms with van der Waals surface area (Å²) in [5.41, 5.74) is 0.479. The lowest BCUT2D eigenvalue weighted by molar-refractivity contribution is 0.0936. The van der Waals surface area contributed by atoms with Crippen LogP contribution in [-0.4, -0.2) is 20.6 Å². The summed E-state index contributed by atoms with van der Waals surface area (Å²) in [5, 5.41) is 2.67. The van der Waals surface area contributed by atoms with E-state index in [1.54, 1.807) is 19.1 Å². The Balaban J connectivity index is 2.19. The van der Waals surface area contributed by atoms with Crippen molar-refractivity contribution in [2.75, 3.05) is 6.26 Å². The molecule has 2 aromatic carbocycles. The number of halogens is 2. The number of carbonyl (C=O) groups excluding carboxylic acids is 1. The standard InChI is InChI=1S/C16H15ClFNO3S/c1-10(11-6-8-12(9-7-11)23(2,21)22)19-16(20)15-13(17)4-3-5-14(15)18/h3-10H,1-2H3,(H,19,20). The molecule has 0 fully saturated rings. The number of hydrogen-bond acceptors (Lipinski definition) is 3. The second kappa shape index (κ2) is 6.68. The minimum atomic E-state index is -3.28. The van der Waals surface area contributed by atoms with Crippen molar-refractivity contribution in [3.8, 4) is 0 Å². The average Bonchev–Trinajstić information content (AvgIpc) is 2.46. The molecule has 0 aliphatic heterocycles. The molecule has 0 bridgehead atoms. The number of carbonyl (C=O) groups is 1. The van der Waals surface area contributed by atoms with Crippen molar-refractivity contribution in [1.29, 1.82) is 0 Å². The van der Waals surface area contributed by atoms with Crippen molar-refractivity contribution in [3.05, 3.63) is 64.4 Å². The molecule has 2 aromatic rings. The van der Waals surface area contributed by atoms with E-state index < -0.39 is 27.6 Å². The van der Waals surface area contributed by atoms with Gasteiger partial charge in [-0.15, -0.1) is 0 Å². The lowest BCUT2D eigenvalue weighted by Gasteiger charge is -2.15. The predicted octanol–water partition coefficient (Wildman–Crippen LogP) is 3.37. The molecular formula is C16H15ClFNO3S. The zero-order valence-electron chi connectivity index (χ0n) is 12.5. The molecule has 0 aliphatic carbocycles. The third-order valence-electron chi connectivity index (χ3n) is 3.35. The van der Waals surface area contributed by atoms with E-state index in [0.717, 1.165) is 12.3 Å². The quantitative estimate of drug-likeness (QED) is 0.914. The highest BCUT2D eigenvalue weighted by atomic mass is 35.5. The van der Waals surface area contributed by atoms with E-state index in [2.05, 4.69) is 5.32 Å². The van der Waals surface area contributed by atoms with Crippen LogP contribution in [0.3, 0.4) is 0 Å². The molecule has 1 unspecified atom stereocenters. The zero-order valence-corrected chi connectivity index (χ0v) is 14.1. The summed E-state index contributed by atoms with van der Waals surface area (Å²) < 4.78 is 36.6. The van der Waals surface area contributed by atoms with Crippen LogP contribution < -0.4 is 5.32 Å². The van der Waals surface area contributed by atoms with E-state index in [4.69, 9.17) is 11.6 Å². The lowest BCUT2D eigenvalue weighted by Crippen LogP contribution is -2.27. The Morgan fingerprint density at radius 2 is 1.78 bits per heavy atom. The zero-order chi connectivity index (χ0) is 17.2. The average molecular weight is 356 g/mol. The van der Waals surface area contributed by atoms with Crippen molar-refractivity contribution in [3.63, 3.8) is 0 Å². The summed E-state index contributed by atoms with van der Waals surface area (Å²) in [6.07, 6.45) is 1.12. The smallest absolute Gasteiger partial charge is 0.256 e. The topological polar surface area (TPSA) is 63.2 Å². The van der Waals surface area contributed by atoms with Gasteiger partial charge in [-0.05, 0) is 36.8 Å². The number of benzene rings is 2. The molecule has 4 nitrogen and oxygen atoms in total. The van der Waals surface area contributed by atoms with Crippen molar-refractivity contribution in [2.45, 2.75) is 17.9 Å². The van der Waals surface area contributed by atoms with Crippen molar-refractivity contribution < 1.29 is 17.6 Å². The first-order valence-electron chi connectivity index (χ1n) is 6.75. The summed E-state index contributed by atoms with van der Waals surface area (Å²) in [6, 6.07) is 9.70. The number of amides is 1. The summed E-state index contributed by atoms with van der Waals surface area (Å²) in [6.45, 7) is 1.71. The van der Waals surface area contributed by atoms with Gasteiger partial charge in [0.2, 0.25) is 0 Å². The minimum Gasteiger partial charge on any atom is -0.345 e. The lowest BCUT2D eigenvalue weighted by atomic mass is 10.1. The highest BCUT2D eigenvalue weighted by Crippen LogP contribution is 2.21. The van der Waals surface area contributed by atoms with Crippen LogP contribution >= 0.6 is 11.6 Å². The third-order valence-corrected chi connectivity index (χ3v) is 4.79. The van der Waals surface area contributed by atoms with Gasteiger partial charge in [-0.1, -0.05) is 29.8 Å². The first-order chi connectivity index (χ1) is 10.7. The fourth-order valence-corrected chi connectivity index (χ4v) is 2.95. The molecule has 0 heterocycles. The van der Waals surface area contributed by atoms with E-state index >= 15 is 0 Å². The van der Waals surface area contributed by atoms with Gasteiger partial charge < -0.3 is 5.32 Å². The van der Waals surface area contributed by atoms with Crippen LogP contribution in [-0.2, 0) is 9.84 Å². The number of sulfone groups is 1. The highest BCUT2D eigenvalue weighted by molar-refractivity contribution is 7.90. The normalized spacial score (nSPS) is 12.7. The molecule has 0 radical (unpaired) electrons. The second-order valence-corrected chi connectivity index (χ2v) is 7.56. The van der Waals surface area contributed by atoms with E-state index in [1.165, 1.54) is 24.3 Å². The minimum absolute atomic E-state index is 0.0297. The molecule has 1 N–H and O–H groups in total. The molecule has 0 aliphatic rings.